The highest BCUT2D eigenvalue weighted by atomic mass is 32.2. The summed E-state index contributed by atoms with van der Waals surface area (Å²) in [5.74, 6) is 0.851. The van der Waals surface area contributed by atoms with Crippen LogP contribution >= 0.6 is 11.8 Å². The van der Waals surface area contributed by atoms with Crippen LogP contribution in [0.2, 0.25) is 0 Å². The Kier molecular flexibility index (Phi) is 4.41. The summed E-state index contributed by atoms with van der Waals surface area (Å²) < 4.78 is 0. The van der Waals surface area contributed by atoms with Crippen LogP contribution in [-0.2, 0) is 4.79 Å². The SMILES string of the molecule is CC(=O)C1=C(c2nc3c(C)c(C(N)=O)c(C)c(C)c3[nH]2)[C@@H]2CCCC[C@@H]2S1. The van der Waals surface area contributed by atoms with Gasteiger partial charge >= 0.3 is 0 Å². The number of thioether (sulfide) groups is 1. The van der Waals surface area contributed by atoms with E-state index in [1.54, 1.807) is 18.7 Å². The number of allylic oxidation sites excluding steroid dienone is 2. The fourth-order valence-corrected chi connectivity index (χ4v) is 6.26. The molecule has 5 nitrogen and oxygen atoms in total. The molecule has 2 aliphatic rings. The smallest absolute Gasteiger partial charge is 0.249 e. The number of primary amides is 1. The molecule has 1 amide bonds. The summed E-state index contributed by atoms with van der Waals surface area (Å²) in [7, 11) is 0. The third kappa shape index (κ3) is 2.73. The number of aromatic nitrogens is 2. The van der Waals surface area contributed by atoms with Crippen LogP contribution in [0.25, 0.3) is 16.6 Å². The van der Waals surface area contributed by atoms with Gasteiger partial charge in [-0.1, -0.05) is 12.8 Å². The molecular formula is C21H25N3O2S. The number of amides is 1. The molecule has 3 N–H and O–H groups in total. The minimum Gasteiger partial charge on any atom is -0.366 e. The minimum absolute atomic E-state index is 0.118. The number of nitrogens with zero attached hydrogens (tertiary/aromatic N) is 1. The van der Waals surface area contributed by atoms with Crippen molar-refractivity contribution in [3.63, 3.8) is 0 Å². The Hall–Kier alpha value is -2.08. The van der Waals surface area contributed by atoms with Crippen molar-refractivity contribution in [2.45, 2.75) is 58.6 Å². The van der Waals surface area contributed by atoms with E-state index in [2.05, 4.69) is 4.98 Å². The molecule has 2 aromatic rings. The first-order valence-electron chi connectivity index (χ1n) is 9.52. The molecule has 2 heterocycles. The normalized spacial score (nSPS) is 22.4. The van der Waals surface area contributed by atoms with E-state index in [1.807, 2.05) is 20.8 Å². The topological polar surface area (TPSA) is 88.8 Å². The lowest BCUT2D eigenvalue weighted by Crippen LogP contribution is -2.19. The molecule has 0 spiro atoms. The third-order valence-corrected chi connectivity index (χ3v) is 7.77. The van der Waals surface area contributed by atoms with E-state index in [9.17, 15) is 9.59 Å². The molecule has 4 rings (SSSR count). The summed E-state index contributed by atoms with van der Waals surface area (Å²) in [5.41, 5.74) is 11.6. The Morgan fingerprint density at radius 3 is 2.48 bits per heavy atom. The molecule has 1 aromatic heterocycles. The highest BCUT2D eigenvalue weighted by Crippen LogP contribution is 2.52. The number of fused-ring (bicyclic) bond motifs is 2. The summed E-state index contributed by atoms with van der Waals surface area (Å²) in [5, 5.41) is 0.478. The van der Waals surface area contributed by atoms with Gasteiger partial charge in [0, 0.05) is 22.3 Å². The number of hydrogen-bond acceptors (Lipinski definition) is 4. The van der Waals surface area contributed by atoms with Gasteiger partial charge in [0.15, 0.2) is 5.78 Å². The zero-order valence-corrected chi connectivity index (χ0v) is 17.0. The van der Waals surface area contributed by atoms with Crippen molar-refractivity contribution in [2.24, 2.45) is 11.7 Å². The predicted molar refractivity (Wildman–Crippen MR) is 110 cm³/mol. The summed E-state index contributed by atoms with van der Waals surface area (Å²) in [6, 6.07) is 0. The number of aromatic amines is 1. The van der Waals surface area contributed by atoms with Crippen molar-refractivity contribution >= 4 is 40.1 Å². The molecule has 0 bridgehead atoms. The van der Waals surface area contributed by atoms with Gasteiger partial charge in [0.05, 0.1) is 15.9 Å². The van der Waals surface area contributed by atoms with E-state index in [0.29, 0.717) is 16.7 Å². The highest BCUT2D eigenvalue weighted by Gasteiger charge is 2.40. The van der Waals surface area contributed by atoms with Crippen LogP contribution in [0.4, 0.5) is 0 Å². The molecule has 1 aromatic carbocycles. The number of Topliss-reactive ketones (excluding diaryl/α,β-unsaturated/α-hetero) is 1. The van der Waals surface area contributed by atoms with Crippen LogP contribution in [0.1, 0.15) is 65.5 Å². The van der Waals surface area contributed by atoms with Crippen LogP contribution in [0.5, 0.6) is 0 Å². The number of carbonyl (C=O) groups is 2. The lowest BCUT2D eigenvalue weighted by atomic mass is 9.83. The molecule has 0 unspecified atom stereocenters. The molecule has 1 saturated carbocycles. The Balaban J connectivity index is 1.95. The van der Waals surface area contributed by atoms with Crippen molar-refractivity contribution in [2.75, 3.05) is 0 Å². The Morgan fingerprint density at radius 2 is 1.81 bits per heavy atom. The maximum Gasteiger partial charge on any atom is 0.249 e. The second-order valence-corrected chi connectivity index (χ2v) is 9.02. The Labute approximate surface area is 163 Å². The van der Waals surface area contributed by atoms with Crippen LogP contribution in [0, 0.1) is 26.7 Å². The van der Waals surface area contributed by atoms with Gasteiger partial charge in [-0.25, -0.2) is 4.98 Å². The quantitative estimate of drug-likeness (QED) is 0.831. The lowest BCUT2D eigenvalue weighted by molar-refractivity contribution is -0.112. The Bertz CT molecular complexity index is 1020. The third-order valence-electron chi connectivity index (χ3n) is 6.15. The lowest BCUT2D eigenvalue weighted by Gasteiger charge is -2.25. The van der Waals surface area contributed by atoms with Gasteiger partial charge in [-0.05, 0) is 57.2 Å². The summed E-state index contributed by atoms with van der Waals surface area (Å²) >= 11 is 1.73. The molecule has 1 aliphatic carbocycles. The minimum atomic E-state index is -0.424. The number of nitrogens with two attached hydrogens (primary N) is 1. The van der Waals surface area contributed by atoms with Crippen LogP contribution < -0.4 is 5.73 Å². The van der Waals surface area contributed by atoms with Gasteiger partial charge in [-0.2, -0.15) is 0 Å². The number of nitrogens with one attached hydrogen (secondary N) is 1. The Morgan fingerprint density at radius 1 is 1.11 bits per heavy atom. The molecule has 1 fully saturated rings. The molecular weight excluding hydrogens is 358 g/mol. The largest absolute Gasteiger partial charge is 0.366 e. The summed E-state index contributed by atoms with van der Waals surface area (Å²) in [6.45, 7) is 7.45. The van der Waals surface area contributed by atoms with Gasteiger partial charge in [0.2, 0.25) is 5.91 Å². The maximum atomic E-state index is 12.3. The molecule has 0 radical (unpaired) electrons. The van der Waals surface area contributed by atoms with Crippen molar-refractivity contribution in [3.8, 4) is 0 Å². The number of ketones is 1. The number of aryl methyl sites for hydroxylation is 2. The number of rotatable bonds is 3. The molecule has 6 heteroatoms. The zero-order chi connectivity index (χ0) is 19.5. The average Bonchev–Trinajstić information content (AvgIpc) is 3.21. The van der Waals surface area contributed by atoms with Crippen molar-refractivity contribution in [1.29, 1.82) is 0 Å². The van der Waals surface area contributed by atoms with Crippen molar-refractivity contribution < 1.29 is 9.59 Å². The van der Waals surface area contributed by atoms with E-state index in [-0.39, 0.29) is 5.78 Å². The summed E-state index contributed by atoms with van der Waals surface area (Å²) in [4.78, 5) is 33.5. The van der Waals surface area contributed by atoms with Crippen molar-refractivity contribution in [3.05, 3.63) is 33.0 Å². The number of hydrogen-bond donors (Lipinski definition) is 2. The fourth-order valence-electron chi connectivity index (χ4n) is 4.69. The monoisotopic (exact) mass is 383 g/mol. The summed E-state index contributed by atoms with van der Waals surface area (Å²) in [6.07, 6.45) is 4.68. The molecule has 27 heavy (non-hydrogen) atoms. The van der Waals surface area contributed by atoms with E-state index in [0.717, 1.165) is 56.9 Å². The molecule has 142 valence electrons. The zero-order valence-electron chi connectivity index (χ0n) is 16.2. The number of carbonyl (C=O) groups excluding carboxylic acids is 2. The van der Waals surface area contributed by atoms with Crippen molar-refractivity contribution in [1.82, 2.24) is 9.97 Å². The van der Waals surface area contributed by atoms with E-state index < -0.39 is 5.91 Å². The average molecular weight is 384 g/mol. The first-order chi connectivity index (χ1) is 12.8. The number of H-pyrrole nitrogens is 1. The van der Waals surface area contributed by atoms with Crippen LogP contribution in [-0.4, -0.2) is 26.9 Å². The van der Waals surface area contributed by atoms with Gasteiger partial charge in [-0.3, -0.25) is 9.59 Å². The molecule has 2 atom stereocenters. The van der Waals surface area contributed by atoms with Crippen LogP contribution in [0.3, 0.4) is 0 Å². The second-order valence-electron chi connectivity index (χ2n) is 7.77. The van der Waals surface area contributed by atoms with Crippen LogP contribution in [0.15, 0.2) is 4.91 Å². The maximum absolute atomic E-state index is 12.3. The van der Waals surface area contributed by atoms with Gasteiger partial charge in [0.1, 0.15) is 5.82 Å². The first kappa shape index (κ1) is 18.3. The number of imidazole rings is 1. The molecule has 1 aliphatic heterocycles. The first-order valence-corrected chi connectivity index (χ1v) is 10.4. The number of benzene rings is 1. The van der Waals surface area contributed by atoms with Gasteiger partial charge < -0.3 is 10.7 Å². The van der Waals surface area contributed by atoms with Gasteiger partial charge in [-0.15, -0.1) is 11.8 Å². The van der Waals surface area contributed by atoms with Gasteiger partial charge in [0.25, 0.3) is 0 Å². The fraction of sp³-hybridized carbons (Fsp3) is 0.476. The van der Waals surface area contributed by atoms with E-state index in [4.69, 9.17) is 10.7 Å². The molecule has 0 saturated heterocycles. The highest BCUT2D eigenvalue weighted by molar-refractivity contribution is 8.05. The standard InChI is InChI=1S/C21H25N3O2S/c1-9-10(2)17-18(11(3)15(9)20(22)26)24-21(23-17)16-13-7-5-6-8-14(13)27-19(16)12(4)25/h13-14H,5-8H2,1-4H3,(H2,22,26)(H,23,24)/t13-,14+/m1/s1. The van der Waals surface area contributed by atoms with E-state index in [1.165, 1.54) is 12.8 Å². The van der Waals surface area contributed by atoms with E-state index >= 15 is 0 Å². The predicted octanol–water partition coefficient (Wildman–Crippen LogP) is 4.19. The second kappa shape index (κ2) is 6.51.